The Morgan fingerprint density at radius 2 is 1.95 bits per heavy atom. The quantitative estimate of drug-likeness (QED) is 0.641. The molecule has 7 nitrogen and oxygen atoms in total. The summed E-state index contributed by atoms with van der Waals surface area (Å²) < 4.78 is 0. The smallest absolute Gasteiger partial charge is 0.308 e. The molecule has 2 atom stereocenters. The van der Waals surface area contributed by atoms with Crippen LogP contribution >= 0.6 is 0 Å². The first kappa shape index (κ1) is 14.1. The average Bonchev–Trinajstić information content (AvgIpc) is 2.37. The van der Waals surface area contributed by atoms with Gasteiger partial charge in [-0.2, -0.15) is 0 Å². The summed E-state index contributed by atoms with van der Waals surface area (Å²) >= 11 is 0. The number of carboxylic acid groups (broad SMARTS) is 1. The van der Waals surface area contributed by atoms with Crippen LogP contribution in [0.25, 0.3) is 0 Å². The minimum absolute atomic E-state index is 0.0148. The van der Waals surface area contributed by atoms with Crippen molar-refractivity contribution < 1.29 is 19.8 Å². The highest BCUT2D eigenvalue weighted by molar-refractivity contribution is 5.94. The van der Waals surface area contributed by atoms with E-state index in [-0.39, 0.29) is 5.56 Å². The zero-order valence-corrected chi connectivity index (χ0v) is 10.8. The summed E-state index contributed by atoms with van der Waals surface area (Å²) in [7, 11) is 0. The van der Waals surface area contributed by atoms with Crippen LogP contribution < -0.4 is 10.9 Å². The second-order valence-corrected chi connectivity index (χ2v) is 4.93. The van der Waals surface area contributed by atoms with Gasteiger partial charge in [-0.1, -0.05) is 12.8 Å². The monoisotopic (exact) mass is 280 g/mol. The van der Waals surface area contributed by atoms with Gasteiger partial charge in [0.15, 0.2) is 5.88 Å². The highest BCUT2D eigenvalue weighted by atomic mass is 16.4. The first-order valence-corrected chi connectivity index (χ1v) is 6.44. The van der Waals surface area contributed by atoms with E-state index in [1.165, 1.54) is 0 Å². The highest BCUT2D eigenvalue weighted by Gasteiger charge is 2.32. The number of carboxylic acids is 1. The summed E-state index contributed by atoms with van der Waals surface area (Å²) in [6.45, 7) is 0. The predicted molar refractivity (Wildman–Crippen MR) is 69.6 cm³/mol. The SMILES string of the molecule is O=C(NC1CCCCC1C(=O)O)c1cc(O)[nH]c(=O)c1. The lowest BCUT2D eigenvalue weighted by Crippen LogP contribution is -2.45. The van der Waals surface area contributed by atoms with Crippen LogP contribution in [0.5, 0.6) is 5.88 Å². The molecule has 4 N–H and O–H groups in total. The van der Waals surface area contributed by atoms with Crippen LogP contribution in [0.15, 0.2) is 16.9 Å². The molecule has 1 fully saturated rings. The number of hydrogen-bond donors (Lipinski definition) is 4. The Bertz CT molecular complexity index is 580. The number of nitrogens with one attached hydrogen (secondary N) is 2. The maximum absolute atomic E-state index is 12.0. The third kappa shape index (κ3) is 3.17. The van der Waals surface area contributed by atoms with E-state index in [1.54, 1.807) is 0 Å². The van der Waals surface area contributed by atoms with Crippen LogP contribution in [-0.4, -0.2) is 33.1 Å². The number of carbonyl (C=O) groups excluding carboxylic acids is 1. The second-order valence-electron chi connectivity index (χ2n) is 4.93. The number of aromatic nitrogens is 1. The van der Waals surface area contributed by atoms with E-state index < -0.39 is 35.3 Å². The number of pyridine rings is 1. The number of aromatic amines is 1. The molecule has 108 valence electrons. The van der Waals surface area contributed by atoms with Crippen molar-refractivity contribution in [2.75, 3.05) is 0 Å². The molecule has 0 bridgehead atoms. The molecule has 0 aromatic carbocycles. The fraction of sp³-hybridized carbons (Fsp3) is 0.462. The van der Waals surface area contributed by atoms with E-state index in [4.69, 9.17) is 5.11 Å². The molecule has 1 aromatic heterocycles. The van der Waals surface area contributed by atoms with Crippen LogP contribution in [0, 0.1) is 5.92 Å². The topological polar surface area (TPSA) is 119 Å². The average molecular weight is 280 g/mol. The number of H-pyrrole nitrogens is 1. The van der Waals surface area contributed by atoms with Crippen molar-refractivity contribution in [1.29, 1.82) is 0 Å². The van der Waals surface area contributed by atoms with Crippen molar-refractivity contribution in [2.45, 2.75) is 31.7 Å². The third-order valence-electron chi connectivity index (χ3n) is 3.49. The van der Waals surface area contributed by atoms with Crippen molar-refractivity contribution in [3.05, 3.63) is 28.0 Å². The third-order valence-corrected chi connectivity index (χ3v) is 3.49. The molecule has 1 aliphatic carbocycles. The Kier molecular flexibility index (Phi) is 4.07. The van der Waals surface area contributed by atoms with Crippen molar-refractivity contribution >= 4 is 11.9 Å². The standard InChI is InChI=1S/C13H16N2O5/c16-10-5-7(6-11(17)15-10)12(18)14-9-4-2-1-3-8(9)13(19)20/h5-6,8-9H,1-4H2,(H,14,18)(H,19,20)(H2,15,16,17). The molecule has 7 heteroatoms. The molecule has 1 aromatic rings. The molecule has 1 heterocycles. The van der Waals surface area contributed by atoms with Crippen LogP contribution in [0.4, 0.5) is 0 Å². The fourth-order valence-corrected chi connectivity index (χ4v) is 2.51. The van der Waals surface area contributed by atoms with Gasteiger partial charge < -0.3 is 15.5 Å². The summed E-state index contributed by atoms with van der Waals surface area (Å²) in [4.78, 5) is 36.5. The van der Waals surface area contributed by atoms with Gasteiger partial charge >= 0.3 is 5.97 Å². The molecule has 1 saturated carbocycles. The maximum atomic E-state index is 12.0. The molecule has 0 spiro atoms. The molecule has 1 amide bonds. The Morgan fingerprint density at radius 3 is 2.60 bits per heavy atom. The predicted octanol–water partition coefficient (Wildman–Crippen LogP) is 0.454. The Labute approximate surface area is 114 Å². The fourth-order valence-electron chi connectivity index (χ4n) is 2.51. The van der Waals surface area contributed by atoms with E-state index in [2.05, 4.69) is 10.3 Å². The molecule has 0 aliphatic heterocycles. The van der Waals surface area contributed by atoms with Gasteiger partial charge in [0.1, 0.15) is 0 Å². The molecule has 20 heavy (non-hydrogen) atoms. The van der Waals surface area contributed by atoms with E-state index >= 15 is 0 Å². The second kappa shape index (κ2) is 5.77. The lowest BCUT2D eigenvalue weighted by molar-refractivity contribution is -0.143. The molecule has 0 radical (unpaired) electrons. The number of carbonyl (C=O) groups is 2. The molecular weight excluding hydrogens is 264 g/mol. The van der Waals surface area contributed by atoms with Gasteiger partial charge in [0.05, 0.1) is 11.5 Å². The molecule has 2 rings (SSSR count). The summed E-state index contributed by atoms with van der Waals surface area (Å²) in [5, 5.41) is 21.0. The first-order chi connectivity index (χ1) is 9.47. The Balaban J connectivity index is 2.13. The van der Waals surface area contributed by atoms with Gasteiger partial charge in [-0.3, -0.25) is 19.4 Å². The number of aliphatic carboxylic acids is 1. The minimum atomic E-state index is -0.927. The summed E-state index contributed by atoms with van der Waals surface area (Å²) in [5.74, 6) is -2.49. The molecule has 2 unspecified atom stereocenters. The van der Waals surface area contributed by atoms with Gasteiger partial charge in [-0.25, -0.2) is 0 Å². The molecule has 1 aliphatic rings. The summed E-state index contributed by atoms with van der Waals surface area (Å²) in [5.41, 5.74) is -0.574. The zero-order chi connectivity index (χ0) is 14.7. The van der Waals surface area contributed by atoms with Crippen LogP contribution in [0.1, 0.15) is 36.0 Å². The first-order valence-electron chi connectivity index (χ1n) is 6.44. The highest BCUT2D eigenvalue weighted by Crippen LogP contribution is 2.25. The summed E-state index contributed by atoms with van der Waals surface area (Å²) in [6, 6.07) is 1.75. The largest absolute Gasteiger partial charge is 0.494 e. The maximum Gasteiger partial charge on any atom is 0.308 e. The Morgan fingerprint density at radius 1 is 1.25 bits per heavy atom. The number of aromatic hydroxyl groups is 1. The number of rotatable bonds is 3. The van der Waals surface area contributed by atoms with Crippen molar-refractivity contribution in [1.82, 2.24) is 10.3 Å². The zero-order valence-electron chi connectivity index (χ0n) is 10.8. The normalized spacial score (nSPS) is 22.2. The van der Waals surface area contributed by atoms with Gasteiger partial charge in [0.25, 0.3) is 11.5 Å². The van der Waals surface area contributed by atoms with Gasteiger partial charge in [-0.15, -0.1) is 0 Å². The van der Waals surface area contributed by atoms with Crippen LogP contribution in [0.2, 0.25) is 0 Å². The lowest BCUT2D eigenvalue weighted by Gasteiger charge is -2.29. The Hall–Kier alpha value is -2.31. The van der Waals surface area contributed by atoms with Gasteiger partial charge in [0, 0.05) is 18.2 Å². The van der Waals surface area contributed by atoms with E-state index in [9.17, 15) is 19.5 Å². The van der Waals surface area contributed by atoms with Gasteiger partial charge in [0.2, 0.25) is 0 Å². The van der Waals surface area contributed by atoms with Crippen molar-refractivity contribution in [3.8, 4) is 5.88 Å². The van der Waals surface area contributed by atoms with Crippen LogP contribution in [0.3, 0.4) is 0 Å². The lowest BCUT2D eigenvalue weighted by atomic mass is 9.84. The number of hydrogen-bond acceptors (Lipinski definition) is 4. The molecule has 0 saturated heterocycles. The summed E-state index contributed by atoms with van der Waals surface area (Å²) in [6.07, 6.45) is 2.81. The van der Waals surface area contributed by atoms with Crippen LogP contribution in [-0.2, 0) is 4.79 Å². The van der Waals surface area contributed by atoms with E-state index in [1.807, 2.05) is 0 Å². The number of amides is 1. The van der Waals surface area contributed by atoms with Crippen molar-refractivity contribution in [2.24, 2.45) is 5.92 Å². The minimum Gasteiger partial charge on any atom is -0.494 e. The van der Waals surface area contributed by atoms with E-state index in [0.717, 1.165) is 25.0 Å². The van der Waals surface area contributed by atoms with Gasteiger partial charge in [-0.05, 0) is 12.8 Å². The van der Waals surface area contributed by atoms with Crippen molar-refractivity contribution in [3.63, 3.8) is 0 Å². The molecular formula is C13H16N2O5. The van der Waals surface area contributed by atoms with E-state index in [0.29, 0.717) is 12.8 Å².